The van der Waals surface area contributed by atoms with Crippen molar-refractivity contribution in [3.8, 4) is 5.75 Å². The summed E-state index contributed by atoms with van der Waals surface area (Å²) in [5.41, 5.74) is 1.14. The van der Waals surface area contributed by atoms with Crippen LogP contribution >= 0.6 is 0 Å². The van der Waals surface area contributed by atoms with Gasteiger partial charge in [0, 0.05) is 6.54 Å². The largest absolute Gasteiger partial charge is 0.473 e. The summed E-state index contributed by atoms with van der Waals surface area (Å²) >= 11 is 0. The Kier molecular flexibility index (Phi) is 9.07. The summed E-state index contributed by atoms with van der Waals surface area (Å²) in [7, 11) is 0. The van der Waals surface area contributed by atoms with Gasteiger partial charge in [0.05, 0.1) is 0 Å². The molecule has 0 unspecified atom stereocenters. The Balaban J connectivity index is 2.16. The number of carbonyl (C=O) groups excluding carboxylic acids is 1. The van der Waals surface area contributed by atoms with Gasteiger partial charge in [0.1, 0.15) is 5.75 Å². The maximum absolute atomic E-state index is 11.7. The molecule has 0 aliphatic heterocycles. The fourth-order valence-electron chi connectivity index (χ4n) is 2.22. The van der Waals surface area contributed by atoms with E-state index in [4.69, 9.17) is 4.74 Å². The van der Waals surface area contributed by atoms with Crippen molar-refractivity contribution in [2.45, 2.75) is 33.6 Å². The molecule has 1 aromatic rings. The van der Waals surface area contributed by atoms with E-state index in [-0.39, 0.29) is 12.8 Å². The maximum Gasteiger partial charge on any atom is 0.317 e. The van der Waals surface area contributed by atoms with Crippen molar-refractivity contribution in [2.24, 2.45) is 0 Å². The van der Waals surface area contributed by atoms with Crippen LogP contribution in [0.3, 0.4) is 0 Å². The molecule has 0 atom stereocenters. The van der Waals surface area contributed by atoms with Crippen molar-refractivity contribution in [1.29, 1.82) is 0 Å². The van der Waals surface area contributed by atoms with E-state index in [1.165, 1.54) is 0 Å². The molecule has 0 spiro atoms. The third-order valence-corrected chi connectivity index (χ3v) is 3.65. The standard InChI is InChI=1S/C17H29N3O2/c1-4-15-10-7-8-11-16(15)22-14-19-17(21)18-12-9-13-20(5-2)6-3/h7-8,10-11H,4-6,9,12-14H2,1-3H3,(H2,18,19,21). The van der Waals surface area contributed by atoms with Gasteiger partial charge in [-0.3, -0.25) is 0 Å². The first-order valence-corrected chi connectivity index (χ1v) is 8.15. The van der Waals surface area contributed by atoms with Crippen molar-refractivity contribution < 1.29 is 9.53 Å². The van der Waals surface area contributed by atoms with Crippen LogP contribution < -0.4 is 15.4 Å². The van der Waals surface area contributed by atoms with Gasteiger partial charge < -0.3 is 20.3 Å². The number of hydrogen-bond donors (Lipinski definition) is 2. The van der Waals surface area contributed by atoms with E-state index in [1.54, 1.807) is 0 Å². The lowest BCUT2D eigenvalue weighted by Gasteiger charge is -2.17. The fraction of sp³-hybridized carbons (Fsp3) is 0.588. The number of carbonyl (C=O) groups is 1. The normalized spacial score (nSPS) is 10.5. The molecule has 2 amide bonds. The molecule has 1 aromatic carbocycles. The Hall–Kier alpha value is -1.75. The van der Waals surface area contributed by atoms with Gasteiger partial charge in [-0.05, 0) is 44.1 Å². The molecule has 22 heavy (non-hydrogen) atoms. The van der Waals surface area contributed by atoms with Gasteiger partial charge in [0.2, 0.25) is 0 Å². The molecule has 0 bridgehead atoms. The van der Waals surface area contributed by atoms with Crippen molar-refractivity contribution in [3.05, 3.63) is 29.8 Å². The molecule has 0 radical (unpaired) electrons. The fourth-order valence-corrected chi connectivity index (χ4v) is 2.22. The quantitative estimate of drug-likeness (QED) is 0.516. The van der Waals surface area contributed by atoms with Crippen LogP contribution in [0.5, 0.6) is 5.75 Å². The van der Waals surface area contributed by atoms with Crippen molar-refractivity contribution in [3.63, 3.8) is 0 Å². The van der Waals surface area contributed by atoms with Crippen molar-refractivity contribution >= 4 is 6.03 Å². The molecular formula is C17H29N3O2. The summed E-state index contributed by atoms with van der Waals surface area (Å²) in [6, 6.07) is 7.68. The molecule has 5 heteroatoms. The SMILES string of the molecule is CCc1ccccc1OCNC(=O)NCCCN(CC)CC. The van der Waals surface area contributed by atoms with Gasteiger partial charge in [-0.2, -0.15) is 0 Å². The van der Waals surface area contributed by atoms with Crippen LogP contribution in [-0.2, 0) is 6.42 Å². The van der Waals surface area contributed by atoms with E-state index >= 15 is 0 Å². The van der Waals surface area contributed by atoms with Crippen LogP contribution in [0.15, 0.2) is 24.3 Å². The Morgan fingerprint density at radius 3 is 2.55 bits per heavy atom. The zero-order chi connectivity index (χ0) is 16.2. The average Bonchev–Trinajstić information content (AvgIpc) is 2.55. The van der Waals surface area contributed by atoms with Crippen LogP contribution in [0.4, 0.5) is 4.79 Å². The predicted octanol–water partition coefficient (Wildman–Crippen LogP) is 2.62. The molecule has 0 fully saturated rings. The Labute approximate surface area is 134 Å². The molecule has 0 aliphatic carbocycles. The summed E-state index contributed by atoms with van der Waals surface area (Å²) in [5, 5.41) is 5.56. The second-order valence-electron chi connectivity index (χ2n) is 5.06. The van der Waals surface area contributed by atoms with Crippen molar-refractivity contribution in [2.75, 3.05) is 32.9 Å². The number of hydrogen-bond acceptors (Lipinski definition) is 3. The van der Waals surface area contributed by atoms with Crippen LogP contribution in [-0.4, -0.2) is 43.8 Å². The second kappa shape index (κ2) is 10.9. The molecule has 5 nitrogen and oxygen atoms in total. The summed E-state index contributed by atoms with van der Waals surface area (Å²) in [6.45, 7) is 10.3. The average molecular weight is 307 g/mol. The summed E-state index contributed by atoms with van der Waals surface area (Å²) in [5.74, 6) is 0.826. The van der Waals surface area contributed by atoms with Gasteiger partial charge in [-0.15, -0.1) is 0 Å². The van der Waals surface area contributed by atoms with Gasteiger partial charge in [-0.1, -0.05) is 39.0 Å². The molecule has 0 aliphatic rings. The lowest BCUT2D eigenvalue weighted by molar-refractivity contribution is 0.222. The second-order valence-corrected chi connectivity index (χ2v) is 5.06. The number of nitrogens with zero attached hydrogens (tertiary/aromatic N) is 1. The van der Waals surface area contributed by atoms with Gasteiger partial charge in [0.15, 0.2) is 6.73 Å². The number of urea groups is 1. The van der Waals surface area contributed by atoms with E-state index in [2.05, 4.69) is 36.3 Å². The molecule has 0 aromatic heterocycles. The van der Waals surface area contributed by atoms with Gasteiger partial charge >= 0.3 is 6.03 Å². The van der Waals surface area contributed by atoms with E-state index in [0.717, 1.165) is 43.8 Å². The van der Waals surface area contributed by atoms with E-state index in [0.29, 0.717) is 6.54 Å². The lowest BCUT2D eigenvalue weighted by Crippen LogP contribution is -2.39. The molecular weight excluding hydrogens is 278 g/mol. The van der Waals surface area contributed by atoms with Crippen LogP contribution in [0, 0.1) is 0 Å². The Bertz CT molecular complexity index is 434. The highest BCUT2D eigenvalue weighted by molar-refractivity contribution is 5.73. The summed E-state index contributed by atoms with van der Waals surface area (Å²) in [4.78, 5) is 14.0. The van der Waals surface area contributed by atoms with Crippen LogP contribution in [0.1, 0.15) is 32.8 Å². The predicted molar refractivity (Wildman–Crippen MR) is 90.3 cm³/mol. The summed E-state index contributed by atoms with van der Waals surface area (Å²) < 4.78 is 5.60. The zero-order valence-corrected chi connectivity index (χ0v) is 14.0. The van der Waals surface area contributed by atoms with E-state index < -0.39 is 0 Å². The number of rotatable bonds is 10. The highest BCUT2D eigenvalue weighted by atomic mass is 16.5. The molecule has 124 valence electrons. The molecule has 0 saturated carbocycles. The number of para-hydroxylation sites is 1. The minimum Gasteiger partial charge on any atom is -0.473 e. The number of aryl methyl sites for hydroxylation is 1. The third-order valence-electron chi connectivity index (χ3n) is 3.65. The minimum atomic E-state index is -0.187. The molecule has 1 rings (SSSR count). The third kappa shape index (κ3) is 6.80. The first kappa shape index (κ1) is 18.3. The van der Waals surface area contributed by atoms with Gasteiger partial charge in [-0.25, -0.2) is 4.79 Å². The van der Waals surface area contributed by atoms with Crippen molar-refractivity contribution in [1.82, 2.24) is 15.5 Å². The zero-order valence-electron chi connectivity index (χ0n) is 14.0. The van der Waals surface area contributed by atoms with Crippen LogP contribution in [0.2, 0.25) is 0 Å². The number of amides is 2. The molecule has 0 saturated heterocycles. The maximum atomic E-state index is 11.7. The Morgan fingerprint density at radius 1 is 1.14 bits per heavy atom. The van der Waals surface area contributed by atoms with E-state index in [1.807, 2.05) is 24.3 Å². The van der Waals surface area contributed by atoms with E-state index in [9.17, 15) is 4.79 Å². The smallest absolute Gasteiger partial charge is 0.317 e. The van der Waals surface area contributed by atoms with Crippen LogP contribution in [0.25, 0.3) is 0 Å². The first-order chi connectivity index (χ1) is 10.7. The summed E-state index contributed by atoms with van der Waals surface area (Å²) in [6.07, 6.45) is 1.86. The first-order valence-electron chi connectivity index (χ1n) is 8.15. The highest BCUT2D eigenvalue weighted by Crippen LogP contribution is 2.17. The number of ether oxygens (including phenoxy) is 1. The number of benzene rings is 1. The number of nitrogens with one attached hydrogen (secondary N) is 2. The monoisotopic (exact) mass is 307 g/mol. The topological polar surface area (TPSA) is 53.6 Å². The molecule has 2 N–H and O–H groups in total. The van der Waals surface area contributed by atoms with Gasteiger partial charge in [0.25, 0.3) is 0 Å². The highest BCUT2D eigenvalue weighted by Gasteiger charge is 2.03. The lowest BCUT2D eigenvalue weighted by atomic mass is 10.1. The minimum absolute atomic E-state index is 0.179. The molecule has 0 heterocycles. The Morgan fingerprint density at radius 2 is 1.86 bits per heavy atom.